The Morgan fingerprint density at radius 3 is 1.83 bits per heavy atom. The van der Waals surface area contributed by atoms with E-state index in [1.54, 1.807) is 42.5 Å². The van der Waals surface area contributed by atoms with Gasteiger partial charge in [-0.05, 0) is 52.6 Å². The molecule has 3 aromatic carbocycles. The van der Waals surface area contributed by atoms with Gasteiger partial charge >= 0.3 is 27.1 Å². The van der Waals surface area contributed by atoms with E-state index < -0.39 is 38.2 Å². The number of hydrogen-bond acceptors (Lipinski definition) is 10. The summed E-state index contributed by atoms with van der Waals surface area (Å²) >= 11 is 6.91. The maximum absolute atomic E-state index is 14.9. The van der Waals surface area contributed by atoms with Gasteiger partial charge in [0.25, 0.3) is 0 Å². The number of hydrogen-bond donors (Lipinski definition) is 0. The Kier molecular flexibility index (Phi) is 10.7. The molecule has 2 heterocycles. The van der Waals surface area contributed by atoms with Crippen LogP contribution in [-0.2, 0) is 43.1 Å². The van der Waals surface area contributed by atoms with E-state index in [0.717, 1.165) is 4.47 Å². The van der Waals surface area contributed by atoms with E-state index in [2.05, 4.69) is 38.4 Å². The topological polar surface area (TPSA) is 124 Å². The van der Waals surface area contributed by atoms with Crippen LogP contribution < -0.4 is 5.30 Å². The fourth-order valence-corrected chi connectivity index (χ4v) is 11.2. The van der Waals surface area contributed by atoms with Gasteiger partial charge in [-0.2, -0.15) is 0 Å². The quantitative estimate of drug-likeness (QED) is 0.124. The van der Waals surface area contributed by atoms with E-state index in [4.69, 9.17) is 27.6 Å². The summed E-state index contributed by atoms with van der Waals surface area (Å²) in [5, 5.41) is 0.691. The molecule has 1 unspecified atom stereocenters. The number of halogens is 2. The molecule has 48 heavy (non-hydrogen) atoms. The Morgan fingerprint density at radius 1 is 0.792 bits per heavy atom. The molecule has 10 nitrogen and oxygen atoms in total. The molecule has 0 saturated carbocycles. The molecule has 3 aromatic rings. The summed E-state index contributed by atoms with van der Waals surface area (Å²) in [5.74, 6) is -1.70. The lowest BCUT2D eigenvalue weighted by molar-refractivity contribution is 0.0389. The number of benzene rings is 3. The van der Waals surface area contributed by atoms with Gasteiger partial charge in [-0.1, -0.05) is 89.9 Å². The number of fused-ring (bicyclic) bond motifs is 1. The number of allylic oxidation sites excluding steroid dienone is 1. The first-order valence-corrected chi connectivity index (χ1v) is 19.8. The minimum atomic E-state index is -4.17. The third kappa shape index (κ3) is 7.33. The molecule has 5 rings (SSSR count). The third-order valence-corrected chi connectivity index (χ3v) is 13.5. The zero-order valence-corrected chi connectivity index (χ0v) is 32.6. The van der Waals surface area contributed by atoms with Crippen molar-refractivity contribution in [3.05, 3.63) is 85.8 Å². The summed E-state index contributed by atoms with van der Waals surface area (Å²) in [6.07, 6.45) is -0.212. The Morgan fingerprint density at radius 2 is 1.29 bits per heavy atom. The first-order valence-electron chi connectivity index (χ1n) is 15.1. The van der Waals surface area contributed by atoms with Crippen molar-refractivity contribution in [3.63, 3.8) is 0 Å². The molecule has 2 aliphatic rings. The second-order valence-corrected chi connectivity index (χ2v) is 19.4. The van der Waals surface area contributed by atoms with Crippen molar-refractivity contribution in [1.82, 2.24) is 0 Å². The van der Waals surface area contributed by atoms with Crippen LogP contribution in [0.3, 0.4) is 0 Å². The first kappa shape index (κ1) is 37.1. The minimum Gasteiger partial charge on any atom is -0.465 e. The molecule has 2 fully saturated rings. The van der Waals surface area contributed by atoms with Crippen LogP contribution in [0.25, 0.3) is 10.8 Å². The van der Waals surface area contributed by atoms with Gasteiger partial charge in [0.15, 0.2) is 0 Å². The van der Waals surface area contributed by atoms with Crippen LogP contribution in [0, 0.1) is 10.8 Å². The van der Waals surface area contributed by atoms with Crippen molar-refractivity contribution in [2.75, 3.05) is 40.6 Å². The van der Waals surface area contributed by atoms with Crippen LogP contribution in [0.2, 0.25) is 0 Å². The predicted octanol–water partition coefficient (Wildman–Crippen LogP) is 8.94. The van der Waals surface area contributed by atoms with Crippen LogP contribution >= 0.6 is 47.1 Å². The lowest BCUT2D eigenvalue weighted by Gasteiger charge is -2.38. The molecule has 0 N–H and O–H groups in total. The lowest BCUT2D eigenvalue weighted by atomic mass is 9.89. The van der Waals surface area contributed by atoms with E-state index in [9.17, 15) is 18.7 Å². The number of carbonyl (C=O) groups is 2. The molecular formula is C34H38Br2O10P2. The van der Waals surface area contributed by atoms with Crippen molar-refractivity contribution in [2.24, 2.45) is 10.8 Å². The number of rotatable bonds is 8. The highest BCUT2D eigenvalue weighted by Crippen LogP contribution is 2.67. The highest BCUT2D eigenvalue weighted by molar-refractivity contribution is 9.10. The molecule has 14 heteroatoms. The number of carbonyl (C=O) groups excluding carboxylic acids is 2. The Bertz CT molecular complexity index is 1860. The molecule has 258 valence electrons. The third-order valence-electron chi connectivity index (χ3n) is 8.21. The SMILES string of the molecule is C=C(Cc1c(C(=O)OC)c(C(=O)OC)c2cc(Br)ccc2c1P1(=O)OCC(C)(C)CO1)C(c1ccc(Br)cc1)P1(=O)OCC(C)(C)CO1. The van der Waals surface area contributed by atoms with Crippen molar-refractivity contribution < 1.29 is 46.3 Å². The van der Waals surface area contributed by atoms with Gasteiger partial charge < -0.3 is 27.6 Å². The van der Waals surface area contributed by atoms with Gasteiger partial charge in [0.05, 0.1) is 57.1 Å². The van der Waals surface area contributed by atoms with Gasteiger partial charge in [0.1, 0.15) is 5.66 Å². The average Bonchev–Trinajstić information content (AvgIpc) is 3.04. The van der Waals surface area contributed by atoms with E-state index >= 15 is 0 Å². The Balaban J connectivity index is 1.81. The summed E-state index contributed by atoms with van der Waals surface area (Å²) in [4.78, 5) is 27.3. The average molecular weight is 828 g/mol. The molecular weight excluding hydrogens is 790 g/mol. The maximum atomic E-state index is 14.9. The summed E-state index contributed by atoms with van der Waals surface area (Å²) in [6.45, 7) is 12.6. The molecule has 0 spiro atoms. The Hall–Kier alpha value is -2.14. The monoisotopic (exact) mass is 826 g/mol. The van der Waals surface area contributed by atoms with Gasteiger partial charge in [-0.3, -0.25) is 9.13 Å². The summed E-state index contributed by atoms with van der Waals surface area (Å²) < 4.78 is 65.4. The molecule has 0 bridgehead atoms. The molecule has 2 aliphatic heterocycles. The van der Waals surface area contributed by atoms with Crippen molar-refractivity contribution >= 4 is 75.1 Å². The second kappa shape index (κ2) is 13.9. The maximum Gasteiger partial charge on any atom is 0.362 e. The number of ether oxygens (including phenoxy) is 2. The van der Waals surface area contributed by atoms with Crippen molar-refractivity contribution in [1.29, 1.82) is 0 Å². The minimum absolute atomic E-state index is 0.0779. The zero-order valence-electron chi connectivity index (χ0n) is 27.6. The molecule has 0 radical (unpaired) electrons. The second-order valence-electron chi connectivity index (χ2n) is 13.5. The van der Waals surface area contributed by atoms with Gasteiger partial charge in [0, 0.05) is 19.8 Å². The normalized spacial score (nSPS) is 20.1. The molecule has 1 atom stereocenters. The van der Waals surface area contributed by atoms with Crippen LogP contribution in [-0.4, -0.2) is 52.6 Å². The number of esters is 2. The molecule has 0 amide bonds. The largest absolute Gasteiger partial charge is 0.465 e. The first-order chi connectivity index (χ1) is 22.4. The predicted molar refractivity (Wildman–Crippen MR) is 190 cm³/mol. The number of methoxy groups -OCH3 is 2. The Labute approximate surface area is 297 Å². The van der Waals surface area contributed by atoms with E-state index in [1.807, 2.05) is 27.7 Å². The van der Waals surface area contributed by atoms with Gasteiger partial charge in [0.2, 0.25) is 0 Å². The zero-order chi connectivity index (χ0) is 35.2. The van der Waals surface area contributed by atoms with E-state index in [1.165, 1.54) is 14.2 Å². The van der Waals surface area contributed by atoms with Gasteiger partial charge in [-0.25, -0.2) is 9.59 Å². The van der Waals surface area contributed by atoms with Crippen molar-refractivity contribution in [2.45, 2.75) is 39.8 Å². The summed E-state index contributed by atoms with van der Waals surface area (Å²) in [5.41, 5.74) is -1.12. The standard InChI is InChI=1S/C34H38Br2O10P2/c1-20(29(21-8-10-22(35)11-9-21)47(39)43-16-33(2,3)17-44-47)14-26-28(32(38)42-7)27(31(37)41-6)25-15-23(36)12-13-24(25)30(26)48(40)45-18-34(4,5)19-46-48/h8-13,15,29H,1,14,16-19H2,2-7H3. The molecule has 0 aliphatic carbocycles. The van der Waals surface area contributed by atoms with Crippen LogP contribution in [0.5, 0.6) is 0 Å². The summed E-state index contributed by atoms with van der Waals surface area (Å²) in [6, 6.07) is 12.2. The highest BCUT2D eigenvalue weighted by atomic mass is 79.9. The van der Waals surface area contributed by atoms with E-state index in [-0.39, 0.29) is 65.6 Å². The lowest BCUT2D eigenvalue weighted by Crippen LogP contribution is -2.34. The van der Waals surface area contributed by atoms with Crippen LogP contribution in [0.15, 0.2) is 63.6 Å². The van der Waals surface area contributed by atoms with Crippen LogP contribution in [0.1, 0.15) is 65.2 Å². The molecule has 0 aromatic heterocycles. The fraction of sp³-hybridized carbons (Fsp3) is 0.412. The molecule has 2 saturated heterocycles. The van der Waals surface area contributed by atoms with Gasteiger partial charge in [-0.15, -0.1) is 0 Å². The highest BCUT2D eigenvalue weighted by Gasteiger charge is 2.47. The van der Waals surface area contributed by atoms with Crippen molar-refractivity contribution in [3.8, 4) is 0 Å². The fourth-order valence-electron chi connectivity index (χ4n) is 5.72. The smallest absolute Gasteiger partial charge is 0.362 e. The van der Waals surface area contributed by atoms with Crippen LogP contribution in [0.4, 0.5) is 0 Å². The van der Waals surface area contributed by atoms with E-state index in [0.29, 0.717) is 21.0 Å². The summed E-state index contributed by atoms with van der Waals surface area (Å²) in [7, 11) is -5.70.